The predicted molar refractivity (Wildman–Crippen MR) is 109 cm³/mol. The molecule has 1 saturated heterocycles. The Morgan fingerprint density at radius 1 is 1.26 bits per heavy atom. The molecule has 5 nitrogen and oxygen atoms in total. The molecule has 1 aromatic carbocycles. The first-order chi connectivity index (χ1) is 13.3. The molecule has 0 saturated carbocycles. The fourth-order valence-corrected chi connectivity index (χ4v) is 3.97. The van der Waals surface area contributed by atoms with Gasteiger partial charge in [-0.25, -0.2) is 0 Å². The highest BCUT2D eigenvalue weighted by molar-refractivity contribution is 7.10. The minimum Gasteiger partial charge on any atom is -0.494 e. The van der Waals surface area contributed by atoms with Crippen molar-refractivity contribution >= 4 is 17.2 Å². The third-order valence-corrected chi connectivity index (χ3v) is 5.67. The van der Waals surface area contributed by atoms with Gasteiger partial charge >= 0.3 is 0 Å². The molecule has 1 aromatic heterocycles. The van der Waals surface area contributed by atoms with Crippen LogP contribution >= 0.6 is 11.3 Å². The highest BCUT2D eigenvalue weighted by Crippen LogP contribution is 2.25. The van der Waals surface area contributed by atoms with Crippen molar-refractivity contribution in [3.63, 3.8) is 0 Å². The van der Waals surface area contributed by atoms with E-state index in [1.807, 2.05) is 24.3 Å². The zero-order valence-corrected chi connectivity index (χ0v) is 16.7. The van der Waals surface area contributed by atoms with Crippen LogP contribution in [-0.4, -0.2) is 50.3 Å². The van der Waals surface area contributed by atoms with Gasteiger partial charge in [0, 0.05) is 30.1 Å². The summed E-state index contributed by atoms with van der Waals surface area (Å²) >= 11 is 1.73. The molecule has 0 radical (unpaired) electrons. The Balaban J connectivity index is 1.57. The number of nitrogens with zero attached hydrogens (tertiary/aromatic N) is 1. The summed E-state index contributed by atoms with van der Waals surface area (Å²) in [6.45, 7) is 6.71. The van der Waals surface area contributed by atoms with Crippen molar-refractivity contribution in [2.45, 2.75) is 25.8 Å². The topological polar surface area (TPSA) is 50.8 Å². The second kappa shape index (κ2) is 10.4. The molecule has 0 aliphatic carbocycles. The van der Waals surface area contributed by atoms with E-state index in [9.17, 15) is 4.79 Å². The number of unbranched alkanes of at least 4 members (excludes halogenated alkanes) is 1. The van der Waals surface area contributed by atoms with Gasteiger partial charge in [-0.1, -0.05) is 19.4 Å². The number of benzene rings is 1. The summed E-state index contributed by atoms with van der Waals surface area (Å²) in [5, 5.41) is 5.19. The summed E-state index contributed by atoms with van der Waals surface area (Å²) < 4.78 is 11.1. The second-order valence-electron chi connectivity index (χ2n) is 6.62. The van der Waals surface area contributed by atoms with Gasteiger partial charge in [0.2, 0.25) is 0 Å². The predicted octanol–water partition coefficient (Wildman–Crippen LogP) is 3.73. The maximum Gasteiger partial charge on any atom is 0.251 e. The van der Waals surface area contributed by atoms with E-state index >= 15 is 0 Å². The summed E-state index contributed by atoms with van der Waals surface area (Å²) in [5.74, 6) is 0.759. The number of ether oxygens (including phenoxy) is 2. The molecule has 0 bridgehead atoms. The number of morpholine rings is 1. The van der Waals surface area contributed by atoms with Crippen molar-refractivity contribution in [1.29, 1.82) is 0 Å². The number of carbonyl (C=O) groups excluding carboxylic acids is 1. The van der Waals surface area contributed by atoms with Gasteiger partial charge in [0.05, 0.1) is 25.9 Å². The standard InChI is InChI=1S/C21H28N2O3S/c1-2-3-12-26-18-8-6-17(7-9-18)21(24)22-16-19(20-5-4-15-27-20)23-10-13-25-14-11-23/h4-9,15,19H,2-3,10-14,16H2,1H3,(H,22,24). The highest BCUT2D eigenvalue weighted by atomic mass is 32.1. The van der Waals surface area contributed by atoms with Gasteiger partial charge in [-0.3, -0.25) is 9.69 Å². The van der Waals surface area contributed by atoms with Crippen LogP contribution in [-0.2, 0) is 4.74 Å². The second-order valence-corrected chi connectivity index (χ2v) is 7.60. The molecule has 146 valence electrons. The van der Waals surface area contributed by atoms with E-state index in [-0.39, 0.29) is 11.9 Å². The number of carbonyl (C=O) groups is 1. The molecule has 1 fully saturated rings. The van der Waals surface area contributed by atoms with E-state index in [2.05, 4.69) is 34.7 Å². The van der Waals surface area contributed by atoms with Crippen LogP contribution in [0, 0.1) is 0 Å². The molecule has 1 atom stereocenters. The first-order valence-electron chi connectivity index (χ1n) is 9.64. The number of thiophene rings is 1. The van der Waals surface area contributed by atoms with Crippen molar-refractivity contribution in [3.8, 4) is 5.75 Å². The van der Waals surface area contributed by atoms with Gasteiger partial charge in [0.15, 0.2) is 0 Å². The third-order valence-electron chi connectivity index (χ3n) is 4.70. The van der Waals surface area contributed by atoms with E-state index < -0.39 is 0 Å². The molecule has 3 rings (SSSR count). The molecule has 1 aliphatic rings. The summed E-state index contributed by atoms with van der Waals surface area (Å²) in [5.41, 5.74) is 0.657. The summed E-state index contributed by atoms with van der Waals surface area (Å²) in [7, 11) is 0. The Labute approximate surface area is 165 Å². The van der Waals surface area contributed by atoms with Crippen LogP contribution in [0.25, 0.3) is 0 Å². The third kappa shape index (κ3) is 5.79. The van der Waals surface area contributed by atoms with E-state index in [4.69, 9.17) is 9.47 Å². The normalized spacial score (nSPS) is 16.0. The molecule has 6 heteroatoms. The zero-order valence-electron chi connectivity index (χ0n) is 15.9. The van der Waals surface area contributed by atoms with Crippen LogP contribution in [0.1, 0.15) is 41.0 Å². The lowest BCUT2D eigenvalue weighted by atomic mass is 10.1. The Bertz CT molecular complexity index is 682. The number of hydrogen-bond acceptors (Lipinski definition) is 5. The SMILES string of the molecule is CCCCOc1ccc(C(=O)NCC(c2cccs2)N2CCOCC2)cc1. The first kappa shape index (κ1) is 19.9. The maximum absolute atomic E-state index is 12.6. The van der Waals surface area contributed by atoms with E-state index in [1.54, 1.807) is 11.3 Å². The zero-order chi connectivity index (χ0) is 18.9. The average Bonchev–Trinajstić information content (AvgIpc) is 3.24. The lowest BCUT2D eigenvalue weighted by Crippen LogP contribution is -2.43. The molecule has 1 N–H and O–H groups in total. The van der Waals surface area contributed by atoms with Crippen LogP contribution in [0.5, 0.6) is 5.75 Å². The number of hydrogen-bond donors (Lipinski definition) is 1. The molecule has 1 aliphatic heterocycles. The largest absolute Gasteiger partial charge is 0.494 e. The molecule has 1 amide bonds. The summed E-state index contributed by atoms with van der Waals surface area (Å²) in [4.78, 5) is 16.2. The lowest BCUT2D eigenvalue weighted by Gasteiger charge is -2.34. The van der Waals surface area contributed by atoms with Crippen LogP contribution in [0.15, 0.2) is 41.8 Å². The number of amides is 1. The van der Waals surface area contributed by atoms with Gasteiger partial charge in [-0.2, -0.15) is 0 Å². The van der Waals surface area contributed by atoms with Crippen LogP contribution in [0.2, 0.25) is 0 Å². The van der Waals surface area contributed by atoms with E-state index in [0.29, 0.717) is 18.7 Å². The minimum absolute atomic E-state index is 0.0510. The lowest BCUT2D eigenvalue weighted by molar-refractivity contribution is 0.0169. The number of rotatable bonds is 9. The molecular formula is C21H28N2O3S. The van der Waals surface area contributed by atoms with Crippen LogP contribution in [0.3, 0.4) is 0 Å². The van der Waals surface area contributed by atoms with Crippen molar-refractivity contribution in [2.24, 2.45) is 0 Å². The van der Waals surface area contributed by atoms with Gasteiger partial charge < -0.3 is 14.8 Å². The van der Waals surface area contributed by atoms with Crippen molar-refractivity contribution in [2.75, 3.05) is 39.5 Å². The van der Waals surface area contributed by atoms with Crippen molar-refractivity contribution < 1.29 is 14.3 Å². The molecule has 0 spiro atoms. The Morgan fingerprint density at radius 3 is 2.70 bits per heavy atom. The fourth-order valence-electron chi connectivity index (χ4n) is 3.11. The monoisotopic (exact) mass is 388 g/mol. The quantitative estimate of drug-likeness (QED) is 0.665. The molecule has 27 heavy (non-hydrogen) atoms. The molecule has 2 heterocycles. The smallest absolute Gasteiger partial charge is 0.251 e. The van der Waals surface area contributed by atoms with Gasteiger partial charge in [0.1, 0.15) is 5.75 Å². The number of nitrogens with one attached hydrogen (secondary N) is 1. The van der Waals surface area contributed by atoms with Gasteiger partial charge in [-0.05, 0) is 42.1 Å². The molecule has 1 unspecified atom stereocenters. The average molecular weight is 389 g/mol. The maximum atomic E-state index is 12.6. The van der Waals surface area contributed by atoms with Crippen LogP contribution < -0.4 is 10.1 Å². The van der Waals surface area contributed by atoms with Crippen molar-refractivity contribution in [3.05, 3.63) is 52.2 Å². The van der Waals surface area contributed by atoms with Gasteiger partial charge in [0.25, 0.3) is 5.91 Å². The Hall–Kier alpha value is -1.89. The van der Waals surface area contributed by atoms with E-state index in [1.165, 1.54) is 4.88 Å². The van der Waals surface area contributed by atoms with Crippen LogP contribution in [0.4, 0.5) is 0 Å². The Kier molecular flexibility index (Phi) is 7.68. The van der Waals surface area contributed by atoms with E-state index in [0.717, 1.165) is 44.9 Å². The first-order valence-corrected chi connectivity index (χ1v) is 10.5. The van der Waals surface area contributed by atoms with Crippen molar-refractivity contribution in [1.82, 2.24) is 10.2 Å². The molecule has 2 aromatic rings. The van der Waals surface area contributed by atoms with Gasteiger partial charge in [-0.15, -0.1) is 11.3 Å². The summed E-state index contributed by atoms with van der Waals surface area (Å²) in [6, 6.07) is 11.8. The fraction of sp³-hybridized carbons (Fsp3) is 0.476. The summed E-state index contributed by atoms with van der Waals surface area (Å²) in [6.07, 6.45) is 2.14. The minimum atomic E-state index is -0.0510. The Morgan fingerprint density at radius 2 is 2.04 bits per heavy atom. The molecular weight excluding hydrogens is 360 g/mol. The highest BCUT2D eigenvalue weighted by Gasteiger charge is 2.24.